The van der Waals surface area contributed by atoms with Gasteiger partial charge in [-0.25, -0.2) is 0 Å². The normalized spacial score (nSPS) is 31.5. The van der Waals surface area contributed by atoms with Crippen LogP contribution < -0.4 is 0 Å². The third-order valence-corrected chi connectivity index (χ3v) is 2.76. The maximum atomic E-state index is 10.5. The van der Waals surface area contributed by atoms with E-state index in [4.69, 9.17) is 0 Å². The molecule has 1 fully saturated rings. The molecule has 0 radical (unpaired) electrons. The van der Waals surface area contributed by atoms with Crippen LogP contribution in [0.15, 0.2) is 0 Å². The molecule has 1 saturated carbocycles. The molecule has 0 aromatic carbocycles. The van der Waals surface area contributed by atoms with Gasteiger partial charge in [0, 0.05) is 13.1 Å². The fourth-order valence-electron chi connectivity index (χ4n) is 1.98. The quantitative estimate of drug-likeness (QED) is 0.555. The first-order chi connectivity index (χ1) is 5.25. The number of rotatable bonds is 2. The van der Waals surface area contributed by atoms with Crippen molar-refractivity contribution >= 4 is 6.41 Å². The fourth-order valence-corrected chi connectivity index (χ4v) is 1.98. The summed E-state index contributed by atoms with van der Waals surface area (Å²) in [6.07, 6.45) is 6.04. The molecule has 1 aliphatic carbocycles. The van der Waals surface area contributed by atoms with E-state index in [0.717, 1.165) is 6.41 Å². The van der Waals surface area contributed by atoms with Crippen LogP contribution in [0.3, 0.4) is 0 Å². The van der Waals surface area contributed by atoms with Gasteiger partial charge < -0.3 is 4.90 Å². The van der Waals surface area contributed by atoms with Crippen LogP contribution in [0.4, 0.5) is 0 Å². The Hall–Kier alpha value is -0.530. The SMILES string of the molecule is CC1CCCCC1N(C)C=O. The summed E-state index contributed by atoms with van der Waals surface area (Å²) in [6.45, 7) is 2.24. The molecule has 0 aliphatic heterocycles. The van der Waals surface area contributed by atoms with E-state index >= 15 is 0 Å². The standard InChI is InChI=1S/C9H17NO/c1-8-5-3-4-6-9(8)10(2)7-11/h7-9H,3-6H2,1-2H3. The Morgan fingerprint density at radius 2 is 2.00 bits per heavy atom. The highest BCUT2D eigenvalue weighted by Gasteiger charge is 2.23. The van der Waals surface area contributed by atoms with E-state index in [1.54, 1.807) is 0 Å². The zero-order chi connectivity index (χ0) is 8.27. The third kappa shape index (κ3) is 1.95. The molecule has 0 aromatic rings. The van der Waals surface area contributed by atoms with Crippen LogP contribution >= 0.6 is 0 Å². The van der Waals surface area contributed by atoms with Crippen molar-refractivity contribution < 1.29 is 4.79 Å². The lowest BCUT2D eigenvalue weighted by atomic mass is 9.85. The molecule has 11 heavy (non-hydrogen) atoms. The minimum Gasteiger partial charge on any atom is -0.345 e. The second-order valence-corrected chi connectivity index (χ2v) is 3.60. The van der Waals surface area contributed by atoms with E-state index in [9.17, 15) is 4.79 Å². The van der Waals surface area contributed by atoms with E-state index in [-0.39, 0.29) is 0 Å². The van der Waals surface area contributed by atoms with Crippen LogP contribution in [-0.4, -0.2) is 24.4 Å². The molecule has 0 saturated heterocycles. The summed E-state index contributed by atoms with van der Waals surface area (Å²) in [5.41, 5.74) is 0. The third-order valence-electron chi connectivity index (χ3n) is 2.76. The van der Waals surface area contributed by atoms with Crippen LogP contribution in [-0.2, 0) is 4.79 Å². The Morgan fingerprint density at radius 1 is 1.36 bits per heavy atom. The topological polar surface area (TPSA) is 20.3 Å². The van der Waals surface area contributed by atoms with Crippen LogP contribution in [0.25, 0.3) is 0 Å². The number of amides is 1. The fraction of sp³-hybridized carbons (Fsp3) is 0.889. The molecule has 0 aromatic heterocycles. The summed E-state index contributed by atoms with van der Waals surface area (Å²) in [6, 6.07) is 0.501. The molecule has 0 heterocycles. The average Bonchev–Trinajstić information content (AvgIpc) is 2.04. The van der Waals surface area contributed by atoms with Gasteiger partial charge in [0.15, 0.2) is 0 Å². The number of carbonyl (C=O) groups excluding carboxylic acids is 1. The summed E-state index contributed by atoms with van der Waals surface area (Å²) in [5, 5.41) is 0. The van der Waals surface area contributed by atoms with Gasteiger partial charge in [-0.15, -0.1) is 0 Å². The second-order valence-electron chi connectivity index (χ2n) is 3.60. The van der Waals surface area contributed by atoms with Gasteiger partial charge in [-0.2, -0.15) is 0 Å². The van der Waals surface area contributed by atoms with E-state index in [1.165, 1.54) is 25.7 Å². The van der Waals surface area contributed by atoms with Crippen molar-refractivity contribution in [1.29, 1.82) is 0 Å². The largest absolute Gasteiger partial charge is 0.345 e. The van der Waals surface area contributed by atoms with Gasteiger partial charge >= 0.3 is 0 Å². The van der Waals surface area contributed by atoms with E-state index in [2.05, 4.69) is 6.92 Å². The lowest BCUT2D eigenvalue weighted by Gasteiger charge is -2.33. The molecule has 2 heteroatoms. The molecule has 0 N–H and O–H groups in total. The minimum absolute atomic E-state index is 0.501. The highest BCUT2D eigenvalue weighted by Crippen LogP contribution is 2.26. The lowest BCUT2D eigenvalue weighted by molar-refractivity contribution is -0.120. The summed E-state index contributed by atoms with van der Waals surface area (Å²) in [5.74, 6) is 0.693. The van der Waals surface area contributed by atoms with Crippen molar-refractivity contribution in [2.45, 2.75) is 38.6 Å². The average molecular weight is 155 g/mol. The van der Waals surface area contributed by atoms with Gasteiger partial charge in [-0.1, -0.05) is 19.8 Å². The Morgan fingerprint density at radius 3 is 2.55 bits per heavy atom. The Balaban J connectivity index is 2.46. The van der Waals surface area contributed by atoms with Crippen LogP contribution in [0.2, 0.25) is 0 Å². The zero-order valence-corrected chi connectivity index (χ0v) is 7.42. The van der Waals surface area contributed by atoms with E-state index in [1.807, 2.05) is 11.9 Å². The number of carbonyl (C=O) groups is 1. The summed E-state index contributed by atoms with van der Waals surface area (Å²) in [4.78, 5) is 12.3. The van der Waals surface area contributed by atoms with Crippen LogP contribution in [0.1, 0.15) is 32.6 Å². The maximum absolute atomic E-state index is 10.5. The van der Waals surface area contributed by atoms with Gasteiger partial charge in [0.05, 0.1) is 0 Å². The van der Waals surface area contributed by atoms with Gasteiger partial charge in [0.2, 0.25) is 6.41 Å². The highest BCUT2D eigenvalue weighted by molar-refractivity contribution is 5.47. The minimum atomic E-state index is 0.501. The molecule has 64 valence electrons. The van der Waals surface area contributed by atoms with Crippen molar-refractivity contribution in [2.75, 3.05) is 7.05 Å². The van der Waals surface area contributed by atoms with E-state index < -0.39 is 0 Å². The Kier molecular flexibility index (Phi) is 2.92. The first-order valence-electron chi connectivity index (χ1n) is 4.43. The van der Waals surface area contributed by atoms with Crippen molar-refractivity contribution in [3.63, 3.8) is 0 Å². The first-order valence-corrected chi connectivity index (χ1v) is 4.43. The number of hydrogen-bond donors (Lipinski definition) is 0. The molecule has 1 aliphatic rings. The Labute approximate surface area is 68.6 Å². The smallest absolute Gasteiger partial charge is 0.209 e. The van der Waals surface area contributed by atoms with Gasteiger partial charge in [0.1, 0.15) is 0 Å². The molecule has 0 spiro atoms. The van der Waals surface area contributed by atoms with Crippen LogP contribution in [0.5, 0.6) is 0 Å². The van der Waals surface area contributed by atoms with Crippen LogP contribution in [0, 0.1) is 5.92 Å². The maximum Gasteiger partial charge on any atom is 0.209 e. The predicted octanol–water partition coefficient (Wildman–Crippen LogP) is 1.65. The molecular weight excluding hydrogens is 138 g/mol. The molecule has 1 rings (SSSR count). The molecule has 2 unspecified atom stereocenters. The Bertz CT molecular complexity index is 136. The second kappa shape index (κ2) is 3.74. The summed E-state index contributed by atoms with van der Waals surface area (Å²) >= 11 is 0. The van der Waals surface area contributed by atoms with Crippen molar-refractivity contribution in [3.05, 3.63) is 0 Å². The molecule has 0 bridgehead atoms. The van der Waals surface area contributed by atoms with Crippen molar-refractivity contribution in [2.24, 2.45) is 5.92 Å². The van der Waals surface area contributed by atoms with Crippen molar-refractivity contribution in [3.8, 4) is 0 Å². The molecule has 1 amide bonds. The first kappa shape index (κ1) is 8.57. The van der Waals surface area contributed by atoms with Gasteiger partial charge in [0.25, 0.3) is 0 Å². The van der Waals surface area contributed by atoms with Gasteiger partial charge in [-0.3, -0.25) is 4.79 Å². The molecule has 2 atom stereocenters. The number of hydrogen-bond acceptors (Lipinski definition) is 1. The monoisotopic (exact) mass is 155 g/mol. The predicted molar refractivity (Wildman–Crippen MR) is 45.2 cm³/mol. The number of nitrogens with zero attached hydrogens (tertiary/aromatic N) is 1. The molecule has 2 nitrogen and oxygen atoms in total. The van der Waals surface area contributed by atoms with Gasteiger partial charge in [-0.05, 0) is 18.8 Å². The van der Waals surface area contributed by atoms with Crippen molar-refractivity contribution in [1.82, 2.24) is 4.90 Å². The highest BCUT2D eigenvalue weighted by atomic mass is 16.1. The van der Waals surface area contributed by atoms with E-state index in [0.29, 0.717) is 12.0 Å². The summed E-state index contributed by atoms with van der Waals surface area (Å²) < 4.78 is 0. The zero-order valence-electron chi connectivity index (χ0n) is 7.42. The molecular formula is C9H17NO. The lowest BCUT2D eigenvalue weighted by Crippen LogP contribution is -2.37. The summed E-state index contributed by atoms with van der Waals surface area (Å²) in [7, 11) is 1.89.